The topological polar surface area (TPSA) is 29.5 Å². The molecule has 1 unspecified atom stereocenters. The number of halogens is 3. The van der Waals surface area contributed by atoms with Gasteiger partial charge in [0.15, 0.2) is 0 Å². The van der Waals surface area contributed by atoms with Crippen molar-refractivity contribution in [3.8, 4) is 5.75 Å². The number of hydrogen-bond acceptors (Lipinski definition) is 2. The monoisotopic (exact) mass is 260 g/mol. The van der Waals surface area contributed by atoms with E-state index < -0.39 is 12.5 Å². The van der Waals surface area contributed by atoms with Crippen molar-refractivity contribution in [2.24, 2.45) is 5.92 Å². The van der Waals surface area contributed by atoms with Gasteiger partial charge in [0, 0.05) is 0 Å². The van der Waals surface area contributed by atoms with Crippen LogP contribution in [0.5, 0.6) is 5.75 Å². The Bertz CT molecular complexity index is 399. The molecule has 0 aliphatic heterocycles. The third-order valence-corrected chi connectivity index (χ3v) is 3.07. The maximum Gasteiger partial charge on any atom is 0.573 e. The SMILES string of the molecule is OC(CCc1ccccc1OC(F)(F)F)C1CC1. The molecule has 0 radical (unpaired) electrons. The first-order chi connectivity index (χ1) is 8.46. The van der Waals surface area contributed by atoms with Crippen LogP contribution in [-0.2, 0) is 6.42 Å². The van der Waals surface area contributed by atoms with E-state index in [-0.39, 0.29) is 5.75 Å². The van der Waals surface area contributed by atoms with Gasteiger partial charge in [-0.05, 0) is 43.2 Å². The van der Waals surface area contributed by atoms with Crippen molar-refractivity contribution in [3.05, 3.63) is 29.8 Å². The summed E-state index contributed by atoms with van der Waals surface area (Å²) in [6.45, 7) is 0. The summed E-state index contributed by atoms with van der Waals surface area (Å²) in [5.41, 5.74) is 0.481. The second kappa shape index (κ2) is 5.18. The molecule has 1 fully saturated rings. The molecule has 0 amide bonds. The molecule has 5 heteroatoms. The number of rotatable bonds is 5. The molecule has 2 rings (SSSR count). The molecule has 0 heterocycles. The van der Waals surface area contributed by atoms with E-state index in [0.29, 0.717) is 24.3 Å². The molecule has 1 aliphatic rings. The zero-order chi connectivity index (χ0) is 13.2. The number of aryl methyl sites for hydroxylation is 1. The first-order valence-electron chi connectivity index (χ1n) is 5.97. The van der Waals surface area contributed by atoms with Gasteiger partial charge in [0.05, 0.1) is 6.10 Å². The van der Waals surface area contributed by atoms with E-state index in [2.05, 4.69) is 4.74 Å². The molecule has 0 spiro atoms. The van der Waals surface area contributed by atoms with Crippen LogP contribution >= 0.6 is 0 Å². The average molecular weight is 260 g/mol. The van der Waals surface area contributed by atoms with Crippen LogP contribution in [0.25, 0.3) is 0 Å². The van der Waals surface area contributed by atoms with Gasteiger partial charge in [-0.1, -0.05) is 18.2 Å². The summed E-state index contributed by atoms with van der Waals surface area (Å²) in [5, 5.41) is 9.71. The summed E-state index contributed by atoms with van der Waals surface area (Å²) in [6.07, 6.45) is -2.19. The third-order valence-electron chi connectivity index (χ3n) is 3.07. The van der Waals surface area contributed by atoms with Crippen LogP contribution in [0.1, 0.15) is 24.8 Å². The Labute approximate surface area is 103 Å². The lowest BCUT2D eigenvalue weighted by atomic mass is 10.0. The zero-order valence-corrected chi connectivity index (χ0v) is 9.78. The van der Waals surface area contributed by atoms with E-state index in [1.807, 2.05) is 0 Å². The summed E-state index contributed by atoms with van der Waals surface area (Å²) >= 11 is 0. The highest BCUT2D eigenvalue weighted by molar-refractivity contribution is 5.33. The molecule has 2 nitrogen and oxygen atoms in total. The quantitative estimate of drug-likeness (QED) is 0.880. The van der Waals surface area contributed by atoms with Crippen molar-refractivity contribution in [2.75, 3.05) is 0 Å². The van der Waals surface area contributed by atoms with Crippen LogP contribution in [-0.4, -0.2) is 17.6 Å². The molecule has 1 saturated carbocycles. The molecule has 0 bridgehead atoms. The Hall–Kier alpha value is -1.23. The van der Waals surface area contributed by atoms with Crippen molar-refractivity contribution < 1.29 is 23.0 Å². The molecule has 18 heavy (non-hydrogen) atoms. The van der Waals surface area contributed by atoms with Gasteiger partial charge in [-0.15, -0.1) is 13.2 Å². The summed E-state index contributed by atoms with van der Waals surface area (Å²) in [7, 11) is 0. The van der Waals surface area contributed by atoms with Gasteiger partial charge in [-0.25, -0.2) is 0 Å². The maximum absolute atomic E-state index is 12.2. The van der Waals surface area contributed by atoms with Crippen molar-refractivity contribution in [2.45, 2.75) is 38.1 Å². The molecule has 1 aromatic carbocycles. The fraction of sp³-hybridized carbons (Fsp3) is 0.538. The van der Waals surface area contributed by atoms with Crippen LogP contribution in [0.4, 0.5) is 13.2 Å². The molecule has 1 N–H and O–H groups in total. The smallest absolute Gasteiger partial charge is 0.406 e. The molecule has 1 aliphatic carbocycles. The van der Waals surface area contributed by atoms with Crippen LogP contribution in [0.2, 0.25) is 0 Å². The second-order valence-corrected chi connectivity index (χ2v) is 4.60. The summed E-state index contributed by atoms with van der Waals surface area (Å²) in [5.74, 6) is 0.161. The molecular weight excluding hydrogens is 245 g/mol. The van der Waals surface area contributed by atoms with Gasteiger partial charge < -0.3 is 9.84 Å². The van der Waals surface area contributed by atoms with Crippen LogP contribution in [0.15, 0.2) is 24.3 Å². The zero-order valence-electron chi connectivity index (χ0n) is 9.78. The lowest BCUT2D eigenvalue weighted by molar-refractivity contribution is -0.274. The largest absolute Gasteiger partial charge is 0.573 e. The summed E-state index contributed by atoms with van der Waals surface area (Å²) < 4.78 is 40.5. The minimum atomic E-state index is -4.68. The van der Waals surface area contributed by atoms with E-state index in [1.165, 1.54) is 12.1 Å². The molecule has 0 saturated heterocycles. The number of hydrogen-bond donors (Lipinski definition) is 1. The predicted octanol–water partition coefficient (Wildman–Crippen LogP) is 3.29. The standard InChI is InChI=1S/C13H15F3O2/c14-13(15,16)18-12-4-2-1-3-10(12)7-8-11(17)9-5-6-9/h1-4,9,11,17H,5-8H2. The van der Waals surface area contributed by atoms with Crippen LogP contribution in [0.3, 0.4) is 0 Å². The Kier molecular flexibility index (Phi) is 3.80. The molecular formula is C13H15F3O2. The molecule has 100 valence electrons. The number of para-hydroxylation sites is 1. The van der Waals surface area contributed by atoms with Gasteiger partial charge in [0.1, 0.15) is 5.75 Å². The van der Waals surface area contributed by atoms with E-state index in [4.69, 9.17) is 0 Å². The number of aliphatic hydroxyl groups is 1. The van der Waals surface area contributed by atoms with E-state index >= 15 is 0 Å². The van der Waals surface area contributed by atoms with Gasteiger partial charge in [-0.2, -0.15) is 0 Å². The highest BCUT2D eigenvalue weighted by Crippen LogP contribution is 2.35. The predicted molar refractivity (Wildman–Crippen MR) is 60.2 cm³/mol. The van der Waals surface area contributed by atoms with Crippen molar-refractivity contribution >= 4 is 0 Å². The third kappa shape index (κ3) is 3.91. The minimum absolute atomic E-state index is 0.173. The highest BCUT2D eigenvalue weighted by Gasteiger charge is 2.32. The van der Waals surface area contributed by atoms with E-state index in [0.717, 1.165) is 12.8 Å². The normalized spacial score (nSPS) is 17.6. The van der Waals surface area contributed by atoms with E-state index in [1.54, 1.807) is 12.1 Å². The summed E-state index contributed by atoms with van der Waals surface area (Å²) in [6, 6.07) is 6.07. The number of aliphatic hydroxyl groups excluding tert-OH is 1. The van der Waals surface area contributed by atoms with Gasteiger partial charge in [-0.3, -0.25) is 0 Å². The Morgan fingerprint density at radius 1 is 1.28 bits per heavy atom. The minimum Gasteiger partial charge on any atom is -0.406 e. The molecule has 1 atom stereocenters. The Morgan fingerprint density at radius 2 is 1.94 bits per heavy atom. The summed E-state index contributed by atoms with van der Waals surface area (Å²) in [4.78, 5) is 0. The van der Waals surface area contributed by atoms with Crippen molar-refractivity contribution in [1.82, 2.24) is 0 Å². The van der Waals surface area contributed by atoms with Crippen LogP contribution < -0.4 is 4.74 Å². The number of alkyl halides is 3. The second-order valence-electron chi connectivity index (χ2n) is 4.60. The fourth-order valence-corrected chi connectivity index (χ4v) is 1.95. The maximum atomic E-state index is 12.2. The molecule has 1 aromatic rings. The molecule has 0 aromatic heterocycles. The number of benzene rings is 1. The lowest BCUT2D eigenvalue weighted by Gasteiger charge is -2.14. The van der Waals surface area contributed by atoms with Gasteiger partial charge >= 0.3 is 6.36 Å². The van der Waals surface area contributed by atoms with Crippen molar-refractivity contribution in [1.29, 1.82) is 0 Å². The Balaban J connectivity index is 1.97. The lowest BCUT2D eigenvalue weighted by Crippen LogP contribution is -2.18. The first kappa shape index (κ1) is 13.2. The van der Waals surface area contributed by atoms with Gasteiger partial charge in [0.25, 0.3) is 0 Å². The first-order valence-corrected chi connectivity index (χ1v) is 5.97. The fourth-order valence-electron chi connectivity index (χ4n) is 1.95. The van der Waals surface area contributed by atoms with Crippen LogP contribution in [0, 0.1) is 5.92 Å². The average Bonchev–Trinajstić information content (AvgIpc) is 3.09. The highest BCUT2D eigenvalue weighted by atomic mass is 19.4. The van der Waals surface area contributed by atoms with Crippen molar-refractivity contribution in [3.63, 3.8) is 0 Å². The van der Waals surface area contributed by atoms with Gasteiger partial charge in [0.2, 0.25) is 0 Å². The van der Waals surface area contributed by atoms with E-state index in [9.17, 15) is 18.3 Å². The number of ether oxygens (including phenoxy) is 1. The Morgan fingerprint density at radius 3 is 2.56 bits per heavy atom.